The maximum atomic E-state index is 15.1. The summed E-state index contributed by atoms with van der Waals surface area (Å²) in [5, 5.41) is 1.54. The zero-order valence-electron chi connectivity index (χ0n) is 16.6. The first kappa shape index (κ1) is 20.5. The van der Waals surface area contributed by atoms with Crippen molar-refractivity contribution in [2.75, 3.05) is 7.11 Å². The lowest BCUT2D eigenvalue weighted by molar-refractivity contribution is 0.185. The number of ether oxygens (including phenoxy) is 1. The van der Waals surface area contributed by atoms with Crippen molar-refractivity contribution in [1.29, 1.82) is 0 Å². The van der Waals surface area contributed by atoms with Gasteiger partial charge in [-0.25, -0.2) is 8.78 Å². The molecule has 152 valence electrons. The van der Waals surface area contributed by atoms with Crippen LogP contribution in [-0.4, -0.2) is 7.11 Å². The summed E-state index contributed by atoms with van der Waals surface area (Å²) in [6.07, 6.45) is 1.04. The molecule has 0 amide bonds. The maximum Gasteiger partial charge on any atom is 0.142 e. The van der Waals surface area contributed by atoms with Crippen LogP contribution in [0.15, 0.2) is 72.8 Å². The van der Waals surface area contributed by atoms with Crippen LogP contribution in [0.5, 0.6) is 0 Å². The molecule has 0 atom stereocenters. The van der Waals surface area contributed by atoms with Crippen molar-refractivity contribution in [2.45, 2.75) is 19.4 Å². The lowest BCUT2D eigenvalue weighted by Gasteiger charge is -2.10. The van der Waals surface area contributed by atoms with Gasteiger partial charge < -0.3 is 4.74 Å². The van der Waals surface area contributed by atoms with Crippen molar-refractivity contribution in [3.05, 3.63) is 106 Å². The van der Waals surface area contributed by atoms with Crippen LogP contribution in [-0.2, 0) is 24.2 Å². The van der Waals surface area contributed by atoms with Gasteiger partial charge in [-0.05, 0) is 64.2 Å². The summed E-state index contributed by atoms with van der Waals surface area (Å²) in [7, 11) is 1.67. The molecule has 4 aromatic rings. The third-order valence-electron chi connectivity index (χ3n) is 5.30. The second kappa shape index (κ2) is 8.95. The molecule has 4 aromatic carbocycles. The highest BCUT2D eigenvalue weighted by atomic mass is 35.5. The first-order valence-corrected chi connectivity index (χ1v) is 10.2. The zero-order valence-corrected chi connectivity index (χ0v) is 17.3. The summed E-state index contributed by atoms with van der Waals surface area (Å²) in [4.78, 5) is 0. The first-order valence-electron chi connectivity index (χ1n) is 9.78. The topological polar surface area (TPSA) is 9.23 Å². The highest BCUT2D eigenvalue weighted by Crippen LogP contribution is 2.28. The fourth-order valence-corrected chi connectivity index (χ4v) is 3.76. The lowest BCUT2D eigenvalue weighted by Crippen LogP contribution is -1.97. The van der Waals surface area contributed by atoms with Crippen molar-refractivity contribution in [3.63, 3.8) is 0 Å². The highest BCUT2D eigenvalue weighted by Gasteiger charge is 2.10. The summed E-state index contributed by atoms with van der Waals surface area (Å²) in [5.74, 6) is -0.667. The van der Waals surface area contributed by atoms with Gasteiger partial charge in [-0.3, -0.25) is 0 Å². The molecule has 0 unspecified atom stereocenters. The number of aryl methyl sites for hydroxylation is 2. The Labute approximate surface area is 179 Å². The molecule has 0 fully saturated rings. The van der Waals surface area contributed by atoms with Crippen LogP contribution in [0.25, 0.3) is 21.9 Å². The Bertz CT molecular complexity index is 1190. The van der Waals surface area contributed by atoms with Gasteiger partial charge in [0.25, 0.3) is 0 Å². The number of fused-ring (bicyclic) bond motifs is 1. The Morgan fingerprint density at radius 3 is 2.23 bits per heavy atom. The monoisotopic (exact) mass is 422 g/mol. The first-order chi connectivity index (χ1) is 14.5. The van der Waals surface area contributed by atoms with Crippen LogP contribution in [0.3, 0.4) is 0 Å². The minimum Gasteiger partial charge on any atom is -0.380 e. The van der Waals surface area contributed by atoms with E-state index in [0.717, 1.165) is 27.6 Å². The van der Waals surface area contributed by atoms with Gasteiger partial charge in [-0.15, -0.1) is 0 Å². The van der Waals surface area contributed by atoms with Crippen LogP contribution in [0.4, 0.5) is 8.78 Å². The SMILES string of the molecule is COCc1ccc(-c2ccc3c(F)c(CCc4ccc(Cl)c(F)c4)ccc3c2)cc1. The number of hydrogen-bond acceptors (Lipinski definition) is 1. The predicted octanol–water partition coefficient (Wildman–Crippen LogP) is 7.37. The van der Waals surface area contributed by atoms with Gasteiger partial charge in [-0.2, -0.15) is 0 Å². The van der Waals surface area contributed by atoms with Crippen LogP contribution < -0.4 is 0 Å². The molecule has 0 aliphatic heterocycles. The van der Waals surface area contributed by atoms with E-state index in [1.54, 1.807) is 13.2 Å². The van der Waals surface area contributed by atoms with E-state index in [2.05, 4.69) is 0 Å². The van der Waals surface area contributed by atoms with E-state index in [9.17, 15) is 4.39 Å². The van der Waals surface area contributed by atoms with Gasteiger partial charge in [0.2, 0.25) is 0 Å². The Balaban J connectivity index is 1.56. The minimum absolute atomic E-state index is 0.0970. The molecule has 0 aliphatic carbocycles. The molecular formula is C26H21ClF2O. The Morgan fingerprint density at radius 1 is 0.767 bits per heavy atom. The molecule has 0 aliphatic rings. The molecule has 1 nitrogen and oxygen atoms in total. The quantitative estimate of drug-likeness (QED) is 0.315. The smallest absolute Gasteiger partial charge is 0.142 e. The van der Waals surface area contributed by atoms with Crippen molar-refractivity contribution >= 4 is 22.4 Å². The highest BCUT2D eigenvalue weighted by molar-refractivity contribution is 6.30. The summed E-state index contributed by atoms with van der Waals surface area (Å²) in [5.41, 5.74) is 4.64. The molecule has 0 radical (unpaired) electrons. The van der Waals surface area contributed by atoms with Crippen LogP contribution in [0, 0.1) is 11.6 Å². The average Bonchev–Trinajstić information content (AvgIpc) is 2.76. The lowest BCUT2D eigenvalue weighted by atomic mass is 9.97. The van der Waals surface area contributed by atoms with Crippen molar-refractivity contribution in [3.8, 4) is 11.1 Å². The number of methoxy groups -OCH3 is 1. The van der Waals surface area contributed by atoms with Gasteiger partial charge >= 0.3 is 0 Å². The fourth-order valence-electron chi connectivity index (χ4n) is 3.64. The molecule has 0 heterocycles. The minimum atomic E-state index is -0.448. The van der Waals surface area contributed by atoms with Crippen molar-refractivity contribution < 1.29 is 13.5 Å². The maximum absolute atomic E-state index is 15.1. The molecule has 0 bridgehead atoms. The van der Waals surface area contributed by atoms with E-state index in [0.29, 0.717) is 30.4 Å². The molecule has 0 saturated heterocycles. The van der Waals surface area contributed by atoms with Gasteiger partial charge in [0.05, 0.1) is 11.6 Å². The number of rotatable bonds is 6. The van der Waals surface area contributed by atoms with E-state index < -0.39 is 5.82 Å². The van der Waals surface area contributed by atoms with Gasteiger partial charge in [-0.1, -0.05) is 66.2 Å². The second-order valence-electron chi connectivity index (χ2n) is 7.35. The molecular weight excluding hydrogens is 402 g/mol. The normalized spacial score (nSPS) is 11.2. The second-order valence-corrected chi connectivity index (χ2v) is 7.76. The van der Waals surface area contributed by atoms with Gasteiger partial charge in [0, 0.05) is 12.5 Å². The zero-order chi connectivity index (χ0) is 21.1. The Morgan fingerprint density at radius 2 is 1.50 bits per heavy atom. The standard InChI is InChI=1S/C26H21ClF2O/c1-30-16-18-3-6-19(7-4-18)21-11-12-23-22(15-21)10-9-20(26(23)29)8-2-17-5-13-24(27)25(28)14-17/h3-7,9-15H,2,8,16H2,1H3. The van der Waals surface area contributed by atoms with E-state index in [1.165, 1.54) is 12.1 Å². The average molecular weight is 423 g/mol. The molecule has 0 N–H and O–H groups in total. The number of halogens is 3. The Hall–Kier alpha value is -2.75. The fraction of sp³-hybridized carbons (Fsp3) is 0.154. The van der Waals surface area contributed by atoms with Crippen molar-refractivity contribution in [1.82, 2.24) is 0 Å². The molecule has 4 heteroatoms. The number of benzene rings is 4. The predicted molar refractivity (Wildman–Crippen MR) is 119 cm³/mol. The molecule has 4 rings (SSSR count). The van der Waals surface area contributed by atoms with Gasteiger partial charge in [0.1, 0.15) is 11.6 Å². The molecule has 0 spiro atoms. The van der Waals surface area contributed by atoms with Crippen LogP contribution >= 0.6 is 11.6 Å². The van der Waals surface area contributed by atoms with E-state index in [4.69, 9.17) is 16.3 Å². The third-order valence-corrected chi connectivity index (χ3v) is 5.61. The van der Waals surface area contributed by atoms with E-state index in [1.807, 2.05) is 54.6 Å². The molecule has 30 heavy (non-hydrogen) atoms. The summed E-state index contributed by atoms with van der Waals surface area (Å²) in [6, 6.07) is 22.4. The van der Waals surface area contributed by atoms with Gasteiger partial charge in [0.15, 0.2) is 0 Å². The molecule has 0 aromatic heterocycles. The van der Waals surface area contributed by atoms with Crippen LogP contribution in [0.1, 0.15) is 16.7 Å². The van der Waals surface area contributed by atoms with Crippen molar-refractivity contribution in [2.24, 2.45) is 0 Å². The number of hydrogen-bond donors (Lipinski definition) is 0. The largest absolute Gasteiger partial charge is 0.380 e. The summed E-state index contributed by atoms with van der Waals surface area (Å²) < 4.78 is 33.8. The van der Waals surface area contributed by atoms with E-state index in [-0.39, 0.29) is 10.8 Å². The van der Waals surface area contributed by atoms with Crippen LogP contribution in [0.2, 0.25) is 5.02 Å². The summed E-state index contributed by atoms with van der Waals surface area (Å²) >= 11 is 5.73. The molecule has 0 saturated carbocycles. The Kier molecular flexibility index (Phi) is 6.12. The third kappa shape index (κ3) is 4.38. The van der Waals surface area contributed by atoms with E-state index >= 15 is 4.39 Å². The summed E-state index contributed by atoms with van der Waals surface area (Å²) in [6.45, 7) is 0.578.